The highest BCUT2D eigenvalue weighted by molar-refractivity contribution is 5.80. The van der Waals surface area contributed by atoms with Gasteiger partial charge in [-0.1, -0.05) is 54.6 Å². The van der Waals surface area contributed by atoms with Gasteiger partial charge in [0.2, 0.25) is 5.91 Å². The van der Waals surface area contributed by atoms with Crippen LogP contribution in [0.2, 0.25) is 0 Å². The van der Waals surface area contributed by atoms with Crippen LogP contribution in [0.5, 0.6) is 0 Å². The van der Waals surface area contributed by atoms with Crippen LogP contribution in [0.15, 0.2) is 54.6 Å². The zero-order valence-electron chi connectivity index (χ0n) is 14.2. The first-order valence-electron chi connectivity index (χ1n) is 8.74. The second-order valence-corrected chi connectivity index (χ2v) is 6.69. The Kier molecular flexibility index (Phi) is 5.49. The van der Waals surface area contributed by atoms with Crippen LogP contribution in [0, 0.1) is 5.92 Å². The number of carbonyl (C=O) groups excluding carboxylic acids is 1. The number of hydrogen-bond donors (Lipinski definition) is 2. The molecule has 0 saturated carbocycles. The predicted octanol–water partition coefficient (Wildman–Crippen LogP) is 3.17. The smallest absolute Gasteiger partial charge is 0.312 e. The minimum Gasteiger partial charge on any atom is -0.481 e. The Bertz CT molecular complexity index is 742. The monoisotopic (exact) mass is 337 g/mol. The van der Waals surface area contributed by atoms with Crippen molar-refractivity contribution in [2.45, 2.75) is 31.6 Å². The van der Waals surface area contributed by atoms with Gasteiger partial charge in [-0.3, -0.25) is 9.59 Å². The Hall–Kier alpha value is -2.62. The Labute approximate surface area is 147 Å². The van der Waals surface area contributed by atoms with Gasteiger partial charge in [0.05, 0.1) is 5.92 Å². The number of carboxylic acids is 1. The maximum absolute atomic E-state index is 12.3. The lowest BCUT2D eigenvalue weighted by Gasteiger charge is -2.24. The molecule has 0 radical (unpaired) electrons. The number of nitrogens with one attached hydrogen (secondary N) is 1. The van der Waals surface area contributed by atoms with Crippen LogP contribution < -0.4 is 5.32 Å². The number of carbonyl (C=O) groups is 2. The van der Waals surface area contributed by atoms with Crippen molar-refractivity contribution in [3.63, 3.8) is 0 Å². The Morgan fingerprint density at radius 3 is 2.44 bits per heavy atom. The summed E-state index contributed by atoms with van der Waals surface area (Å²) in [5.41, 5.74) is 3.43. The quantitative estimate of drug-likeness (QED) is 0.851. The second-order valence-electron chi connectivity index (χ2n) is 6.69. The van der Waals surface area contributed by atoms with Crippen molar-refractivity contribution in [1.82, 2.24) is 5.32 Å². The minimum atomic E-state index is -0.918. The van der Waals surface area contributed by atoms with E-state index < -0.39 is 11.9 Å². The van der Waals surface area contributed by atoms with Crippen LogP contribution in [0.3, 0.4) is 0 Å². The van der Waals surface area contributed by atoms with Crippen LogP contribution in [-0.4, -0.2) is 23.5 Å². The van der Waals surface area contributed by atoms with E-state index in [0.717, 1.165) is 19.3 Å². The molecule has 1 aliphatic rings. The van der Waals surface area contributed by atoms with E-state index in [9.17, 15) is 14.7 Å². The number of carboxylic acid groups (broad SMARTS) is 1. The zero-order chi connectivity index (χ0) is 17.6. The summed E-state index contributed by atoms with van der Waals surface area (Å²) in [7, 11) is 0. The lowest BCUT2D eigenvalue weighted by atomic mass is 9.82. The molecule has 2 aromatic carbocycles. The standard InChI is InChI=1S/C21H23NO3/c23-20(13-15-10-11-16-6-4-5-9-18(16)12-15)22-14-19(21(24)25)17-7-2-1-3-8-17/h1-9,15,19H,10-14H2,(H,22,23)(H,24,25). The Balaban J connectivity index is 1.53. The normalized spacial score (nSPS) is 17.4. The van der Waals surface area contributed by atoms with Gasteiger partial charge in [-0.25, -0.2) is 0 Å². The topological polar surface area (TPSA) is 66.4 Å². The van der Waals surface area contributed by atoms with E-state index in [4.69, 9.17) is 0 Å². The van der Waals surface area contributed by atoms with Crippen LogP contribution in [0.4, 0.5) is 0 Å². The van der Waals surface area contributed by atoms with Gasteiger partial charge in [0.1, 0.15) is 0 Å². The molecule has 2 unspecified atom stereocenters. The fraction of sp³-hybridized carbons (Fsp3) is 0.333. The molecule has 4 heteroatoms. The van der Waals surface area contributed by atoms with Gasteiger partial charge in [-0.2, -0.15) is 0 Å². The maximum atomic E-state index is 12.3. The molecule has 1 amide bonds. The SMILES string of the molecule is O=C(CC1CCc2ccccc2C1)NCC(C(=O)O)c1ccccc1. The maximum Gasteiger partial charge on any atom is 0.312 e. The van der Waals surface area contributed by atoms with Gasteiger partial charge in [-0.15, -0.1) is 0 Å². The molecule has 1 aliphatic carbocycles. The minimum absolute atomic E-state index is 0.0634. The average Bonchev–Trinajstić information content (AvgIpc) is 2.62. The lowest BCUT2D eigenvalue weighted by molar-refractivity contribution is -0.138. The molecular weight excluding hydrogens is 314 g/mol. The molecule has 0 heterocycles. The summed E-state index contributed by atoms with van der Waals surface area (Å²) in [6.07, 6.45) is 3.39. The molecule has 25 heavy (non-hydrogen) atoms. The largest absolute Gasteiger partial charge is 0.481 e. The number of hydrogen-bond acceptors (Lipinski definition) is 2. The van der Waals surface area contributed by atoms with Gasteiger partial charge in [0, 0.05) is 13.0 Å². The van der Waals surface area contributed by atoms with Crippen LogP contribution in [0.1, 0.15) is 35.4 Å². The second kappa shape index (κ2) is 7.97. The molecule has 2 N–H and O–H groups in total. The van der Waals surface area contributed by atoms with Gasteiger partial charge in [0.25, 0.3) is 0 Å². The number of benzene rings is 2. The first-order valence-corrected chi connectivity index (χ1v) is 8.74. The fourth-order valence-corrected chi connectivity index (χ4v) is 3.53. The van der Waals surface area contributed by atoms with Crippen molar-refractivity contribution >= 4 is 11.9 Å². The third kappa shape index (κ3) is 4.47. The Morgan fingerprint density at radius 1 is 1.04 bits per heavy atom. The highest BCUT2D eigenvalue weighted by Gasteiger charge is 2.23. The first-order chi connectivity index (χ1) is 12.1. The average molecular weight is 337 g/mol. The summed E-state index contributed by atoms with van der Waals surface area (Å²) in [6, 6.07) is 17.4. The van der Waals surface area contributed by atoms with E-state index >= 15 is 0 Å². The Morgan fingerprint density at radius 2 is 1.72 bits per heavy atom. The predicted molar refractivity (Wildman–Crippen MR) is 96.4 cm³/mol. The zero-order valence-corrected chi connectivity index (χ0v) is 14.2. The number of fused-ring (bicyclic) bond motifs is 1. The van der Waals surface area contributed by atoms with Crippen molar-refractivity contribution in [2.75, 3.05) is 6.54 Å². The summed E-state index contributed by atoms with van der Waals surface area (Å²) in [5.74, 6) is -1.36. The van der Waals surface area contributed by atoms with Gasteiger partial charge >= 0.3 is 5.97 Å². The third-order valence-corrected chi connectivity index (χ3v) is 4.93. The molecule has 0 saturated heterocycles. The van der Waals surface area contributed by atoms with E-state index in [1.165, 1.54) is 11.1 Å². The molecule has 0 aliphatic heterocycles. The molecule has 2 atom stereocenters. The number of amides is 1. The van der Waals surface area contributed by atoms with E-state index in [1.807, 2.05) is 24.3 Å². The number of aryl methyl sites for hydroxylation is 1. The summed E-state index contributed by atoms with van der Waals surface area (Å²) < 4.78 is 0. The number of rotatable bonds is 6. The molecule has 0 fully saturated rings. The highest BCUT2D eigenvalue weighted by Crippen LogP contribution is 2.27. The molecule has 4 nitrogen and oxygen atoms in total. The molecule has 2 aromatic rings. The molecule has 0 aromatic heterocycles. The van der Waals surface area contributed by atoms with Gasteiger partial charge < -0.3 is 10.4 Å². The summed E-state index contributed by atoms with van der Waals surface area (Å²) in [6.45, 7) is 0.126. The molecule has 0 bridgehead atoms. The highest BCUT2D eigenvalue weighted by atomic mass is 16.4. The summed E-state index contributed by atoms with van der Waals surface area (Å²) >= 11 is 0. The summed E-state index contributed by atoms with van der Waals surface area (Å²) in [4.78, 5) is 23.8. The first kappa shape index (κ1) is 17.2. The lowest BCUT2D eigenvalue weighted by Crippen LogP contribution is -2.33. The molecular formula is C21H23NO3. The van der Waals surface area contributed by atoms with Gasteiger partial charge in [0.15, 0.2) is 0 Å². The molecule has 0 spiro atoms. The van der Waals surface area contributed by atoms with E-state index in [-0.39, 0.29) is 12.5 Å². The molecule has 3 rings (SSSR count). The number of aliphatic carboxylic acids is 1. The van der Waals surface area contributed by atoms with Crippen LogP contribution in [-0.2, 0) is 22.4 Å². The third-order valence-electron chi connectivity index (χ3n) is 4.93. The van der Waals surface area contributed by atoms with Crippen molar-refractivity contribution in [3.8, 4) is 0 Å². The van der Waals surface area contributed by atoms with E-state index in [0.29, 0.717) is 17.9 Å². The van der Waals surface area contributed by atoms with E-state index in [1.54, 1.807) is 12.1 Å². The van der Waals surface area contributed by atoms with Gasteiger partial charge in [-0.05, 0) is 41.9 Å². The van der Waals surface area contributed by atoms with Crippen molar-refractivity contribution in [3.05, 3.63) is 71.3 Å². The van der Waals surface area contributed by atoms with Crippen molar-refractivity contribution in [1.29, 1.82) is 0 Å². The van der Waals surface area contributed by atoms with Crippen molar-refractivity contribution in [2.24, 2.45) is 5.92 Å². The summed E-state index contributed by atoms with van der Waals surface area (Å²) in [5, 5.41) is 12.2. The van der Waals surface area contributed by atoms with E-state index in [2.05, 4.69) is 23.5 Å². The van der Waals surface area contributed by atoms with Crippen LogP contribution in [0.25, 0.3) is 0 Å². The van der Waals surface area contributed by atoms with Crippen molar-refractivity contribution < 1.29 is 14.7 Å². The molecule has 130 valence electrons. The van der Waals surface area contributed by atoms with Crippen LogP contribution >= 0.6 is 0 Å². The fourth-order valence-electron chi connectivity index (χ4n) is 3.53.